The van der Waals surface area contributed by atoms with E-state index in [1.165, 1.54) is 0 Å². The SMILES string of the molecule is CC(C)(C)[Si](C)(C)OC1CCC(Nc2nccc(C(=N)N)n2)CC1. The normalized spacial score (nSPS) is 22.2. The molecule has 24 heavy (non-hydrogen) atoms. The zero-order chi connectivity index (χ0) is 18.0. The molecular formula is C17H31N5OSi. The Morgan fingerprint density at radius 2 is 1.92 bits per heavy atom. The van der Waals surface area contributed by atoms with Gasteiger partial charge in [0.05, 0.1) is 0 Å². The molecule has 1 aliphatic carbocycles. The minimum absolute atomic E-state index is 0.0353. The average Bonchev–Trinajstić information content (AvgIpc) is 2.48. The van der Waals surface area contributed by atoms with Gasteiger partial charge in [-0.1, -0.05) is 20.8 Å². The Kier molecular flexibility index (Phi) is 5.65. The van der Waals surface area contributed by atoms with Crippen LogP contribution in [0.25, 0.3) is 0 Å². The molecule has 2 rings (SSSR count). The number of amidine groups is 1. The maximum absolute atomic E-state index is 7.46. The summed E-state index contributed by atoms with van der Waals surface area (Å²) < 4.78 is 6.53. The van der Waals surface area contributed by atoms with E-state index in [2.05, 4.69) is 49.1 Å². The number of nitrogens with zero attached hydrogens (tertiary/aromatic N) is 2. The van der Waals surface area contributed by atoms with Crippen molar-refractivity contribution in [1.82, 2.24) is 9.97 Å². The zero-order valence-electron chi connectivity index (χ0n) is 15.5. The highest BCUT2D eigenvalue weighted by Gasteiger charge is 2.39. The average molecular weight is 350 g/mol. The molecule has 4 N–H and O–H groups in total. The fourth-order valence-electron chi connectivity index (χ4n) is 2.68. The van der Waals surface area contributed by atoms with Gasteiger partial charge in [0.15, 0.2) is 8.32 Å². The van der Waals surface area contributed by atoms with Gasteiger partial charge in [-0.25, -0.2) is 9.97 Å². The highest BCUT2D eigenvalue weighted by atomic mass is 28.4. The minimum atomic E-state index is -1.69. The molecule has 7 heteroatoms. The molecule has 0 unspecified atom stereocenters. The molecule has 1 aromatic heterocycles. The molecule has 1 fully saturated rings. The smallest absolute Gasteiger partial charge is 0.223 e. The van der Waals surface area contributed by atoms with Gasteiger partial charge in [-0.05, 0) is 49.9 Å². The van der Waals surface area contributed by atoms with E-state index in [-0.39, 0.29) is 10.9 Å². The number of rotatable bonds is 5. The van der Waals surface area contributed by atoms with E-state index in [9.17, 15) is 0 Å². The minimum Gasteiger partial charge on any atom is -0.414 e. The monoisotopic (exact) mass is 349 g/mol. The fourth-order valence-corrected chi connectivity index (χ4v) is 4.10. The summed E-state index contributed by atoms with van der Waals surface area (Å²) >= 11 is 0. The van der Waals surface area contributed by atoms with Gasteiger partial charge in [-0.3, -0.25) is 5.41 Å². The summed E-state index contributed by atoms with van der Waals surface area (Å²) in [6.45, 7) is 11.5. The van der Waals surface area contributed by atoms with Gasteiger partial charge in [0.1, 0.15) is 11.5 Å². The lowest BCUT2D eigenvalue weighted by Crippen LogP contribution is -2.45. The van der Waals surface area contributed by atoms with Gasteiger partial charge < -0.3 is 15.5 Å². The third-order valence-corrected chi connectivity index (χ3v) is 9.74. The highest BCUT2D eigenvalue weighted by Crippen LogP contribution is 2.39. The van der Waals surface area contributed by atoms with Crippen molar-refractivity contribution in [3.8, 4) is 0 Å². The Morgan fingerprint density at radius 3 is 2.46 bits per heavy atom. The third kappa shape index (κ3) is 4.77. The van der Waals surface area contributed by atoms with Gasteiger partial charge in [-0.15, -0.1) is 0 Å². The van der Waals surface area contributed by atoms with Crippen LogP contribution >= 0.6 is 0 Å². The van der Waals surface area contributed by atoms with Crippen molar-refractivity contribution in [1.29, 1.82) is 5.41 Å². The molecule has 0 aromatic carbocycles. The van der Waals surface area contributed by atoms with Crippen LogP contribution in [0, 0.1) is 5.41 Å². The summed E-state index contributed by atoms with van der Waals surface area (Å²) in [7, 11) is -1.69. The first-order chi connectivity index (χ1) is 11.1. The zero-order valence-corrected chi connectivity index (χ0v) is 16.5. The Hall–Kier alpha value is -1.47. The van der Waals surface area contributed by atoms with Crippen molar-refractivity contribution >= 4 is 20.1 Å². The predicted octanol–water partition coefficient (Wildman–Crippen LogP) is 3.51. The lowest BCUT2D eigenvalue weighted by Gasteiger charge is -2.41. The Morgan fingerprint density at radius 1 is 1.29 bits per heavy atom. The summed E-state index contributed by atoms with van der Waals surface area (Å²) in [6, 6.07) is 2.00. The van der Waals surface area contributed by atoms with Crippen molar-refractivity contribution in [2.45, 2.75) is 76.7 Å². The van der Waals surface area contributed by atoms with Crippen LogP contribution in [0.2, 0.25) is 18.1 Å². The summed E-state index contributed by atoms with van der Waals surface area (Å²) in [4.78, 5) is 8.51. The van der Waals surface area contributed by atoms with Crippen LogP contribution in [-0.4, -0.2) is 36.3 Å². The van der Waals surface area contributed by atoms with E-state index in [1.54, 1.807) is 12.3 Å². The Labute approximate surface area is 146 Å². The predicted molar refractivity (Wildman–Crippen MR) is 101 cm³/mol. The lowest BCUT2D eigenvalue weighted by atomic mass is 9.93. The molecule has 1 aliphatic rings. The van der Waals surface area contributed by atoms with Crippen molar-refractivity contribution in [2.75, 3.05) is 5.32 Å². The first-order valence-electron chi connectivity index (χ1n) is 8.70. The second-order valence-electron chi connectivity index (χ2n) is 8.18. The first-order valence-corrected chi connectivity index (χ1v) is 11.6. The molecule has 0 atom stereocenters. The van der Waals surface area contributed by atoms with Gasteiger partial charge in [-0.2, -0.15) is 0 Å². The van der Waals surface area contributed by atoms with E-state index in [1.807, 2.05) is 0 Å². The van der Waals surface area contributed by atoms with Crippen molar-refractivity contribution in [2.24, 2.45) is 5.73 Å². The van der Waals surface area contributed by atoms with Crippen LogP contribution < -0.4 is 11.1 Å². The summed E-state index contributed by atoms with van der Waals surface area (Å²) in [6.07, 6.45) is 6.24. The molecule has 0 saturated heterocycles. The molecule has 134 valence electrons. The number of aromatic nitrogens is 2. The third-order valence-electron chi connectivity index (χ3n) is 5.21. The van der Waals surface area contributed by atoms with E-state index < -0.39 is 8.32 Å². The maximum atomic E-state index is 7.46. The van der Waals surface area contributed by atoms with Crippen LogP contribution in [0.3, 0.4) is 0 Å². The fraction of sp³-hybridized carbons (Fsp3) is 0.706. The maximum Gasteiger partial charge on any atom is 0.223 e. The topological polar surface area (TPSA) is 96.9 Å². The molecular weight excluding hydrogens is 318 g/mol. The largest absolute Gasteiger partial charge is 0.414 e. The molecule has 0 aliphatic heterocycles. The molecule has 1 heterocycles. The quantitative estimate of drug-likeness (QED) is 0.429. The number of anilines is 1. The van der Waals surface area contributed by atoms with E-state index in [0.29, 0.717) is 23.8 Å². The van der Waals surface area contributed by atoms with Crippen molar-refractivity contribution in [3.05, 3.63) is 18.0 Å². The summed E-state index contributed by atoms with van der Waals surface area (Å²) in [5, 5.41) is 11.1. The number of hydrogen-bond acceptors (Lipinski definition) is 5. The molecule has 1 saturated carbocycles. The second-order valence-corrected chi connectivity index (χ2v) is 12.9. The van der Waals surface area contributed by atoms with Crippen LogP contribution in [-0.2, 0) is 4.43 Å². The first kappa shape index (κ1) is 18.9. The van der Waals surface area contributed by atoms with Crippen molar-refractivity contribution in [3.63, 3.8) is 0 Å². The van der Waals surface area contributed by atoms with E-state index >= 15 is 0 Å². The lowest BCUT2D eigenvalue weighted by molar-refractivity contribution is 0.133. The Balaban J connectivity index is 1.87. The van der Waals surface area contributed by atoms with Crippen LogP contribution in [0.15, 0.2) is 12.3 Å². The van der Waals surface area contributed by atoms with Crippen LogP contribution in [0.1, 0.15) is 52.1 Å². The summed E-state index contributed by atoms with van der Waals surface area (Å²) in [5.74, 6) is 0.517. The molecule has 0 bridgehead atoms. The van der Waals surface area contributed by atoms with Crippen LogP contribution in [0.5, 0.6) is 0 Å². The number of nitrogens with one attached hydrogen (secondary N) is 2. The number of nitrogen functional groups attached to an aromatic ring is 1. The summed E-state index contributed by atoms with van der Waals surface area (Å²) in [5.41, 5.74) is 5.94. The number of hydrogen-bond donors (Lipinski definition) is 3. The van der Waals surface area contributed by atoms with Gasteiger partial charge >= 0.3 is 0 Å². The highest BCUT2D eigenvalue weighted by molar-refractivity contribution is 6.74. The van der Waals surface area contributed by atoms with Gasteiger partial charge in [0.2, 0.25) is 5.95 Å². The van der Waals surface area contributed by atoms with Crippen molar-refractivity contribution < 1.29 is 4.43 Å². The van der Waals surface area contributed by atoms with Crippen LogP contribution in [0.4, 0.5) is 5.95 Å². The molecule has 0 spiro atoms. The van der Waals surface area contributed by atoms with Gasteiger partial charge in [0, 0.05) is 18.3 Å². The van der Waals surface area contributed by atoms with E-state index in [0.717, 1.165) is 25.7 Å². The Bertz CT molecular complexity index is 577. The van der Waals surface area contributed by atoms with Gasteiger partial charge in [0.25, 0.3) is 0 Å². The molecule has 0 amide bonds. The second kappa shape index (κ2) is 7.19. The molecule has 6 nitrogen and oxygen atoms in total. The molecule has 1 aromatic rings. The van der Waals surface area contributed by atoms with E-state index in [4.69, 9.17) is 15.6 Å². The standard InChI is InChI=1S/C17H31N5OSi/c1-17(2,3)24(4,5)23-13-8-6-12(7-9-13)21-16-20-11-10-14(22-16)15(18)19/h10-13H,6-9H2,1-5H3,(H3,18,19)(H,20,21,22). The number of nitrogens with two attached hydrogens (primary N) is 1. The molecule has 0 radical (unpaired) electrons.